The van der Waals surface area contributed by atoms with Crippen LogP contribution in [0.4, 0.5) is 5.69 Å². The third kappa shape index (κ3) is 15.1. The summed E-state index contributed by atoms with van der Waals surface area (Å²) in [6.07, 6.45) is 18.1. The minimum Gasteiger partial charge on any atom is -0.329 e. The second-order valence-corrected chi connectivity index (χ2v) is 26.6. The van der Waals surface area contributed by atoms with Gasteiger partial charge in [0.1, 0.15) is 0 Å². The standard InChI is InChI=1S/C16H21N3O2S.C14H17N3O3S.C14H17N3O2S.C14H21N3O/c1-12-9-18-11-14-5-3-6-15(16(12)14)22(20,21)19-8-4-7-17-10-13(19)2;18-14-12-3-1-4-13(11(12)5-7-16-14)21(19,20)17-9-2-6-15-8-10-17;18-20(19,17-9-2-6-15-8-10-17)14-4-1-3-12-11-16-7-5-13(12)14;1-10(15)11-2-4-12(5-3-11)14(18)17-13-6-8-16-9-7-13/h3,5-6,9,11,13,17H,4,7-8,10H2,1-2H3;1,3-5,7,15H,2,6,8-10H2,(H,16,18);1,3-5,7,11,15H,2,6,8-10H2;6-12H,2-5,15H2,1H3,(H,16,17,18)/t;;;10-,11?,12?/m...1/s1. The lowest BCUT2D eigenvalue weighted by atomic mass is 9.79. The van der Waals surface area contributed by atoms with Crippen LogP contribution in [0.25, 0.3) is 32.3 Å². The van der Waals surface area contributed by atoms with E-state index < -0.39 is 30.1 Å². The largest absolute Gasteiger partial charge is 0.329 e. The first-order chi connectivity index (χ1) is 39.0. The van der Waals surface area contributed by atoms with Gasteiger partial charge in [-0.05, 0) is 145 Å². The van der Waals surface area contributed by atoms with E-state index >= 15 is 0 Å². The van der Waals surface area contributed by atoms with Crippen molar-refractivity contribution in [1.29, 1.82) is 0 Å². The number of pyridine rings is 4. The number of benzene rings is 3. The average molecular weight is 1170 g/mol. The summed E-state index contributed by atoms with van der Waals surface area (Å²) in [4.78, 5) is 39.6. The minimum atomic E-state index is -3.59. The molecule has 4 fully saturated rings. The van der Waals surface area contributed by atoms with Crippen molar-refractivity contribution in [3.05, 3.63) is 138 Å². The van der Waals surface area contributed by atoms with Gasteiger partial charge in [-0.1, -0.05) is 30.3 Å². The van der Waals surface area contributed by atoms with Crippen LogP contribution in [-0.2, 0) is 34.9 Å². The molecule has 434 valence electrons. The molecule has 1 unspecified atom stereocenters. The van der Waals surface area contributed by atoms with Crippen LogP contribution in [0, 0.1) is 18.8 Å². The molecule has 23 heteroatoms. The fourth-order valence-corrected chi connectivity index (χ4v) is 16.1. The molecule has 20 nitrogen and oxygen atoms in total. The van der Waals surface area contributed by atoms with Gasteiger partial charge in [-0.3, -0.25) is 24.5 Å². The maximum absolute atomic E-state index is 13.2. The van der Waals surface area contributed by atoms with E-state index in [2.05, 4.69) is 48.1 Å². The Hall–Kier alpha value is -6.12. The monoisotopic (exact) mass is 1160 g/mol. The quantitative estimate of drug-likeness (QED) is 0.0994. The highest BCUT2D eigenvalue weighted by Crippen LogP contribution is 2.32. The van der Waals surface area contributed by atoms with Gasteiger partial charge in [-0.15, -0.1) is 0 Å². The number of H-pyrrole nitrogens is 1. The second-order valence-electron chi connectivity index (χ2n) is 20.9. The third-order valence-corrected chi connectivity index (χ3v) is 21.2. The van der Waals surface area contributed by atoms with Gasteiger partial charge in [0, 0.05) is 152 Å². The smallest absolute Gasteiger partial charge is 0.255 e. The van der Waals surface area contributed by atoms with Crippen LogP contribution >= 0.6 is 0 Å². The highest BCUT2D eigenvalue weighted by molar-refractivity contribution is 7.90. The molecule has 1 amide bonds. The Kier molecular flexibility index (Phi) is 21.3. The van der Waals surface area contributed by atoms with Crippen molar-refractivity contribution in [1.82, 2.24) is 48.8 Å². The van der Waals surface area contributed by atoms with Crippen LogP contribution in [0.5, 0.6) is 0 Å². The van der Waals surface area contributed by atoms with Gasteiger partial charge in [0.05, 0.1) is 14.7 Å². The molecule has 4 aromatic heterocycles. The molecule has 0 bridgehead atoms. The zero-order valence-corrected chi connectivity index (χ0v) is 48.8. The maximum Gasteiger partial charge on any atom is 0.255 e. The number of carbonyl (C=O) groups excluding carboxylic acids is 1. The lowest BCUT2D eigenvalue weighted by Gasteiger charge is -2.29. The van der Waals surface area contributed by atoms with E-state index in [9.17, 15) is 34.8 Å². The molecule has 7 heterocycles. The Labute approximate surface area is 475 Å². The highest BCUT2D eigenvalue weighted by Gasteiger charge is 2.33. The molecule has 0 radical (unpaired) electrons. The topological polar surface area (TPSA) is 275 Å². The number of anilines is 1. The molecule has 0 spiro atoms. The van der Waals surface area contributed by atoms with E-state index in [0.717, 1.165) is 97.4 Å². The van der Waals surface area contributed by atoms with Gasteiger partial charge >= 0.3 is 0 Å². The molecular formula is C58H76N12O8S3. The summed E-state index contributed by atoms with van der Waals surface area (Å²) in [6, 6.07) is 22.8. The number of nitrogens with zero attached hydrogens (tertiary/aromatic N) is 6. The first-order valence-electron chi connectivity index (χ1n) is 27.9. The van der Waals surface area contributed by atoms with Gasteiger partial charge < -0.3 is 32.0 Å². The number of nitrogens with two attached hydrogens (primary N) is 1. The normalized spacial score (nSPS) is 20.4. The van der Waals surface area contributed by atoms with Gasteiger partial charge in [0.2, 0.25) is 36.0 Å². The van der Waals surface area contributed by atoms with E-state index in [0.29, 0.717) is 78.8 Å². The fraction of sp³-hybridized carbons (Fsp3) is 0.431. The number of rotatable bonds is 9. The number of sulfonamides is 3. The highest BCUT2D eigenvalue weighted by atomic mass is 32.2. The zero-order chi connectivity index (χ0) is 57.6. The Morgan fingerprint density at radius 2 is 1.20 bits per heavy atom. The van der Waals surface area contributed by atoms with E-state index in [1.165, 1.54) is 10.5 Å². The molecule has 7 N–H and O–H groups in total. The SMILES string of the molecule is C[C@@H](N)C1CCC(C(=O)Nc2ccncc2)CC1.Cc1cncc2cccc(S(=O)(=O)N3CCCNCC3C)c12.O=S(=O)(c1cccc2cnccc12)N1CCCNCC1.O=c1[nH]ccc2c(S(=O)(=O)N3CCCNCC3)cccc12. The van der Waals surface area contributed by atoms with Crippen molar-refractivity contribution in [3.8, 4) is 0 Å². The number of fused-ring (bicyclic) bond motifs is 3. The Morgan fingerprint density at radius 1 is 0.617 bits per heavy atom. The number of aromatic amines is 1. The molecule has 1 aliphatic carbocycles. The average Bonchev–Trinajstić information content (AvgIpc) is 4.04. The van der Waals surface area contributed by atoms with Gasteiger partial charge in [-0.2, -0.15) is 12.9 Å². The lowest BCUT2D eigenvalue weighted by Crippen LogP contribution is -2.41. The number of hydrogen-bond donors (Lipinski definition) is 6. The molecule has 3 saturated heterocycles. The number of aromatic nitrogens is 4. The second kappa shape index (κ2) is 28.2. The third-order valence-electron chi connectivity index (χ3n) is 15.3. The van der Waals surface area contributed by atoms with Crippen LogP contribution in [0.2, 0.25) is 0 Å². The summed E-state index contributed by atoms with van der Waals surface area (Å²) in [7, 11) is -10.6. The van der Waals surface area contributed by atoms with E-state index in [1.807, 2.05) is 38.1 Å². The summed E-state index contributed by atoms with van der Waals surface area (Å²) in [5, 5.41) is 16.7. The Balaban J connectivity index is 0.000000142. The van der Waals surface area contributed by atoms with Crippen molar-refractivity contribution < 1.29 is 30.0 Å². The Bertz CT molecular complexity index is 3610. The van der Waals surface area contributed by atoms with Crippen LogP contribution in [0.1, 0.15) is 64.4 Å². The Morgan fingerprint density at radius 3 is 1.86 bits per heavy atom. The van der Waals surface area contributed by atoms with Crippen molar-refractivity contribution in [2.24, 2.45) is 17.6 Å². The van der Waals surface area contributed by atoms with Gasteiger partial charge in [-0.25, -0.2) is 25.3 Å². The molecule has 3 aliphatic heterocycles. The predicted molar refractivity (Wildman–Crippen MR) is 318 cm³/mol. The van der Waals surface area contributed by atoms with Crippen molar-refractivity contribution in [3.63, 3.8) is 0 Å². The van der Waals surface area contributed by atoms with Crippen LogP contribution in [-0.4, -0.2) is 148 Å². The molecule has 1 saturated carbocycles. The molecular weight excluding hydrogens is 1090 g/mol. The van der Waals surface area contributed by atoms with Crippen LogP contribution in [0.15, 0.2) is 142 Å². The predicted octanol–water partition coefficient (Wildman–Crippen LogP) is 5.82. The zero-order valence-electron chi connectivity index (χ0n) is 46.3. The molecule has 81 heavy (non-hydrogen) atoms. The number of carbonyl (C=O) groups is 1. The van der Waals surface area contributed by atoms with Crippen LogP contribution < -0.4 is 32.6 Å². The fourth-order valence-electron chi connectivity index (χ4n) is 10.8. The first kappa shape index (κ1) is 61.0. The van der Waals surface area contributed by atoms with E-state index in [4.69, 9.17) is 5.73 Å². The van der Waals surface area contributed by atoms with E-state index in [-0.39, 0.29) is 34.4 Å². The van der Waals surface area contributed by atoms with Crippen LogP contribution in [0.3, 0.4) is 0 Å². The summed E-state index contributed by atoms with van der Waals surface area (Å²) in [6.45, 7) is 13.1. The first-order valence-corrected chi connectivity index (χ1v) is 32.2. The number of aryl methyl sites for hydroxylation is 1. The number of amides is 1. The minimum absolute atomic E-state index is 0.0510. The van der Waals surface area contributed by atoms with Crippen molar-refractivity contribution in [2.45, 2.75) is 92.5 Å². The summed E-state index contributed by atoms with van der Waals surface area (Å²) < 4.78 is 82.4. The summed E-state index contributed by atoms with van der Waals surface area (Å²) in [5.74, 6) is 0.840. The number of hydrogen-bond acceptors (Lipinski definition) is 15. The molecule has 4 aliphatic rings. The summed E-state index contributed by atoms with van der Waals surface area (Å²) in [5.41, 5.74) is 7.34. The lowest BCUT2D eigenvalue weighted by molar-refractivity contribution is -0.121. The van der Waals surface area contributed by atoms with Gasteiger partial charge in [0.25, 0.3) is 5.56 Å². The molecule has 3 aromatic carbocycles. The molecule has 7 aromatic rings. The van der Waals surface area contributed by atoms with Gasteiger partial charge in [0.15, 0.2) is 0 Å². The summed E-state index contributed by atoms with van der Waals surface area (Å²) >= 11 is 0. The van der Waals surface area contributed by atoms with E-state index in [1.54, 1.807) is 100 Å². The molecule has 11 rings (SSSR count). The van der Waals surface area contributed by atoms with Crippen molar-refractivity contribution >= 4 is 74.0 Å². The van der Waals surface area contributed by atoms with Crippen molar-refractivity contribution in [2.75, 3.05) is 77.3 Å². The maximum atomic E-state index is 13.2. The molecule has 2 atom stereocenters. The number of nitrogens with one attached hydrogen (secondary N) is 5.